The van der Waals surface area contributed by atoms with Crippen LogP contribution in [-0.2, 0) is 13.0 Å². The maximum Gasteiger partial charge on any atom is 0.209 e. The van der Waals surface area contributed by atoms with Crippen LogP contribution >= 0.6 is 34.8 Å². The number of alkyl halides is 3. The van der Waals surface area contributed by atoms with E-state index in [0.717, 1.165) is 25.1 Å². The van der Waals surface area contributed by atoms with E-state index in [2.05, 4.69) is 29.2 Å². The molecule has 0 radical (unpaired) electrons. The zero-order valence-corrected chi connectivity index (χ0v) is 13.7. The molecule has 2 aromatic rings. The van der Waals surface area contributed by atoms with Gasteiger partial charge in [-0.1, -0.05) is 89.4 Å². The third-order valence-electron chi connectivity index (χ3n) is 3.92. The zero-order chi connectivity index (χ0) is 14.9. The van der Waals surface area contributed by atoms with E-state index in [1.165, 1.54) is 11.1 Å². The van der Waals surface area contributed by atoms with Crippen LogP contribution in [0.15, 0.2) is 54.6 Å². The minimum Gasteiger partial charge on any atom is -0.288 e. The van der Waals surface area contributed by atoms with Crippen LogP contribution in [0.3, 0.4) is 0 Å². The van der Waals surface area contributed by atoms with Crippen molar-refractivity contribution < 1.29 is 0 Å². The van der Waals surface area contributed by atoms with Crippen molar-refractivity contribution in [3.63, 3.8) is 0 Å². The minimum absolute atomic E-state index is 0.215. The monoisotopic (exact) mass is 339 g/mol. The highest BCUT2D eigenvalue weighted by Gasteiger charge is 2.41. The van der Waals surface area contributed by atoms with Gasteiger partial charge in [-0.15, -0.1) is 0 Å². The summed E-state index contributed by atoms with van der Waals surface area (Å²) < 4.78 is -1.34. The molecular formula is C17H16Cl3N. The quantitative estimate of drug-likeness (QED) is 0.683. The SMILES string of the molecule is ClC(Cl)(Cl)[C@H]1c2ccccc2CCN1Cc1ccccc1. The average Bonchev–Trinajstić information content (AvgIpc) is 2.47. The highest BCUT2D eigenvalue weighted by atomic mass is 35.6. The van der Waals surface area contributed by atoms with Crippen molar-refractivity contribution in [1.29, 1.82) is 0 Å². The Morgan fingerprint density at radius 3 is 2.33 bits per heavy atom. The Bertz CT molecular complexity index is 607. The first-order valence-electron chi connectivity index (χ1n) is 6.98. The maximum absolute atomic E-state index is 6.29. The zero-order valence-electron chi connectivity index (χ0n) is 11.5. The number of halogens is 3. The Morgan fingerprint density at radius 1 is 0.952 bits per heavy atom. The summed E-state index contributed by atoms with van der Waals surface area (Å²) in [5.74, 6) is 0. The largest absolute Gasteiger partial charge is 0.288 e. The number of hydrogen-bond donors (Lipinski definition) is 0. The number of hydrogen-bond acceptors (Lipinski definition) is 1. The van der Waals surface area contributed by atoms with Crippen molar-refractivity contribution in [2.45, 2.75) is 22.8 Å². The van der Waals surface area contributed by atoms with Gasteiger partial charge < -0.3 is 0 Å². The molecule has 0 bridgehead atoms. The van der Waals surface area contributed by atoms with E-state index in [9.17, 15) is 0 Å². The normalized spacial score (nSPS) is 19.3. The number of benzene rings is 2. The second kappa shape index (κ2) is 6.18. The molecule has 1 atom stereocenters. The van der Waals surface area contributed by atoms with Crippen LogP contribution in [-0.4, -0.2) is 15.2 Å². The van der Waals surface area contributed by atoms with Crippen molar-refractivity contribution in [3.05, 3.63) is 71.3 Å². The second-order valence-corrected chi connectivity index (χ2v) is 7.72. The standard InChI is InChI=1S/C17H16Cl3N/c18-17(19,20)16-15-9-5-4-8-14(15)10-11-21(16)12-13-6-2-1-3-7-13/h1-9,16H,10-12H2/t16-/m1/s1. The third-order valence-corrected chi connectivity index (χ3v) is 4.54. The molecule has 4 heteroatoms. The first kappa shape index (κ1) is 15.2. The van der Waals surface area contributed by atoms with Gasteiger partial charge >= 0.3 is 0 Å². The van der Waals surface area contributed by atoms with E-state index in [-0.39, 0.29) is 6.04 Å². The van der Waals surface area contributed by atoms with Crippen molar-refractivity contribution in [3.8, 4) is 0 Å². The van der Waals surface area contributed by atoms with Gasteiger partial charge in [0.15, 0.2) is 0 Å². The molecule has 2 aromatic carbocycles. The van der Waals surface area contributed by atoms with Gasteiger partial charge in [0.05, 0.1) is 6.04 Å². The number of rotatable bonds is 2. The van der Waals surface area contributed by atoms with E-state index < -0.39 is 3.79 Å². The summed E-state index contributed by atoms with van der Waals surface area (Å²) in [5, 5.41) is 0. The lowest BCUT2D eigenvalue weighted by Crippen LogP contribution is -2.41. The predicted octanol–water partition coefficient (Wildman–Crippen LogP) is 5.16. The van der Waals surface area contributed by atoms with Crippen LogP contribution in [0.1, 0.15) is 22.7 Å². The van der Waals surface area contributed by atoms with E-state index in [4.69, 9.17) is 34.8 Å². The van der Waals surface area contributed by atoms with Gasteiger partial charge in [0.25, 0.3) is 0 Å². The number of fused-ring (bicyclic) bond motifs is 1. The van der Waals surface area contributed by atoms with Gasteiger partial charge in [0.1, 0.15) is 0 Å². The van der Waals surface area contributed by atoms with Crippen molar-refractivity contribution in [2.75, 3.05) is 6.54 Å². The van der Waals surface area contributed by atoms with Gasteiger partial charge in [-0.2, -0.15) is 0 Å². The molecule has 110 valence electrons. The molecule has 0 aromatic heterocycles. The van der Waals surface area contributed by atoms with Crippen molar-refractivity contribution in [1.82, 2.24) is 4.90 Å². The van der Waals surface area contributed by atoms with Gasteiger partial charge in [0, 0.05) is 13.1 Å². The van der Waals surface area contributed by atoms with Crippen LogP contribution in [0.2, 0.25) is 0 Å². The first-order chi connectivity index (χ1) is 10.1. The van der Waals surface area contributed by atoms with Crippen LogP contribution < -0.4 is 0 Å². The van der Waals surface area contributed by atoms with Gasteiger partial charge in [-0.3, -0.25) is 4.90 Å². The fourth-order valence-electron chi connectivity index (χ4n) is 2.99. The molecular weight excluding hydrogens is 325 g/mol. The molecule has 0 fully saturated rings. The molecule has 1 aliphatic rings. The molecule has 1 aliphatic heterocycles. The number of nitrogens with zero attached hydrogens (tertiary/aromatic N) is 1. The smallest absolute Gasteiger partial charge is 0.209 e. The molecule has 0 unspecified atom stereocenters. The summed E-state index contributed by atoms with van der Waals surface area (Å²) in [5.41, 5.74) is 3.63. The Hall–Kier alpha value is -0.730. The topological polar surface area (TPSA) is 3.24 Å². The Labute approximate surface area is 140 Å². The average molecular weight is 341 g/mol. The van der Waals surface area contributed by atoms with E-state index in [1.54, 1.807) is 0 Å². The molecule has 0 saturated heterocycles. The van der Waals surface area contributed by atoms with Gasteiger partial charge in [-0.05, 0) is 23.1 Å². The lowest BCUT2D eigenvalue weighted by molar-refractivity contribution is 0.178. The highest BCUT2D eigenvalue weighted by molar-refractivity contribution is 6.68. The fraction of sp³-hybridized carbons (Fsp3) is 0.294. The third kappa shape index (κ3) is 3.37. The summed E-state index contributed by atoms with van der Waals surface area (Å²) in [6.45, 7) is 1.68. The van der Waals surface area contributed by atoms with Crippen LogP contribution in [0, 0.1) is 0 Å². The predicted molar refractivity (Wildman–Crippen MR) is 90.0 cm³/mol. The second-order valence-electron chi connectivity index (χ2n) is 5.35. The Balaban J connectivity index is 1.94. The van der Waals surface area contributed by atoms with E-state index in [0.29, 0.717) is 0 Å². The fourth-order valence-corrected chi connectivity index (χ4v) is 3.76. The first-order valence-corrected chi connectivity index (χ1v) is 8.11. The van der Waals surface area contributed by atoms with Gasteiger partial charge in [0.2, 0.25) is 3.79 Å². The molecule has 3 rings (SSSR count). The molecule has 21 heavy (non-hydrogen) atoms. The summed E-state index contributed by atoms with van der Waals surface area (Å²) in [6.07, 6.45) is 0.986. The van der Waals surface area contributed by atoms with E-state index in [1.807, 2.05) is 30.3 Å². The Kier molecular flexibility index (Phi) is 4.46. The van der Waals surface area contributed by atoms with Crippen molar-refractivity contribution >= 4 is 34.8 Å². The van der Waals surface area contributed by atoms with E-state index >= 15 is 0 Å². The Morgan fingerprint density at radius 2 is 1.62 bits per heavy atom. The molecule has 1 nitrogen and oxygen atoms in total. The highest BCUT2D eigenvalue weighted by Crippen LogP contribution is 2.47. The molecule has 1 heterocycles. The molecule has 0 aliphatic carbocycles. The maximum atomic E-state index is 6.29. The van der Waals surface area contributed by atoms with Crippen LogP contribution in [0.5, 0.6) is 0 Å². The molecule has 0 N–H and O–H groups in total. The minimum atomic E-state index is -1.34. The van der Waals surface area contributed by atoms with Crippen LogP contribution in [0.4, 0.5) is 0 Å². The summed E-state index contributed by atoms with van der Waals surface area (Å²) in [7, 11) is 0. The van der Waals surface area contributed by atoms with Crippen molar-refractivity contribution in [2.24, 2.45) is 0 Å². The molecule has 0 amide bonds. The lowest BCUT2D eigenvalue weighted by Gasteiger charge is -2.40. The summed E-state index contributed by atoms with van der Waals surface area (Å²) >= 11 is 18.9. The summed E-state index contributed by atoms with van der Waals surface area (Å²) in [4.78, 5) is 2.25. The van der Waals surface area contributed by atoms with Crippen LogP contribution in [0.25, 0.3) is 0 Å². The lowest BCUT2D eigenvalue weighted by atomic mass is 9.93. The molecule has 0 saturated carbocycles. The summed E-state index contributed by atoms with van der Waals surface area (Å²) in [6, 6.07) is 18.3. The van der Waals surface area contributed by atoms with Gasteiger partial charge in [-0.25, -0.2) is 0 Å². The molecule has 0 spiro atoms.